The number of benzene rings is 2. The summed E-state index contributed by atoms with van der Waals surface area (Å²) in [6.07, 6.45) is 0. The van der Waals surface area contributed by atoms with Crippen molar-refractivity contribution in [3.8, 4) is 5.75 Å². The van der Waals surface area contributed by atoms with Crippen molar-refractivity contribution in [3.05, 3.63) is 58.1 Å². The lowest BCUT2D eigenvalue weighted by Gasteiger charge is -2.14. The van der Waals surface area contributed by atoms with E-state index in [4.69, 9.17) is 16.3 Å². The Hall–Kier alpha value is -2.00. The Morgan fingerprint density at radius 1 is 1.14 bits per heavy atom. The van der Waals surface area contributed by atoms with Crippen molar-refractivity contribution in [3.63, 3.8) is 0 Å². The van der Waals surface area contributed by atoms with Crippen molar-refractivity contribution in [2.75, 3.05) is 11.9 Å². The topological polar surface area (TPSA) is 38.3 Å². The molecule has 0 heterocycles. The van der Waals surface area contributed by atoms with Crippen molar-refractivity contribution < 1.29 is 9.53 Å². The highest BCUT2D eigenvalue weighted by Gasteiger charge is 2.09. The van der Waals surface area contributed by atoms with Gasteiger partial charge in [-0.1, -0.05) is 29.8 Å². The molecular weight excluding hydrogens is 286 g/mol. The molecule has 3 nitrogen and oxygen atoms in total. The molecule has 0 aliphatic carbocycles. The van der Waals surface area contributed by atoms with Crippen LogP contribution in [0, 0.1) is 20.8 Å². The lowest BCUT2D eigenvalue weighted by atomic mass is 10.1. The summed E-state index contributed by atoms with van der Waals surface area (Å²) in [5.41, 5.74) is 3.89. The summed E-state index contributed by atoms with van der Waals surface area (Å²) in [4.78, 5) is 11.9. The smallest absolute Gasteiger partial charge is 0.262 e. The third kappa shape index (κ3) is 3.99. The van der Waals surface area contributed by atoms with Crippen LogP contribution < -0.4 is 10.1 Å². The number of anilines is 1. The molecule has 0 aromatic heterocycles. The fourth-order valence-corrected chi connectivity index (χ4v) is 2.24. The highest BCUT2D eigenvalue weighted by atomic mass is 35.5. The van der Waals surface area contributed by atoms with E-state index < -0.39 is 0 Å². The molecule has 0 aliphatic rings. The first kappa shape index (κ1) is 15.4. The molecule has 1 amide bonds. The van der Waals surface area contributed by atoms with Crippen LogP contribution in [-0.2, 0) is 4.79 Å². The molecule has 21 heavy (non-hydrogen) atoms. The predicted octanol–water partition coefficient (Wildman–Crippen LogP) is 4.28. The van der Waals surface area contributed by atoms with Gasteiger partial charge in [0.25, 0.3) is 5.91 Å². The second-order valence-corrected chi connectivity index (χ2v) is 5.44. The maximum Gasteiger partial charge on any atom is 0.262 e. The number of nitrogens with one attached hydrogen (secondary N) is 1. The van der Waals surface area contributed by atoms with Gasteiger partial charge in [0.15, 0.2) is 6.61 Å². The molecule has 0 radical (unpaired) electrons. The maximum absolute atomic E-state index is 11.9. The molecule has 0 saturated heterocycles. The largest absolute Gasteiger partial charge is 0.483 e. The molecule has 1 N–H and O–H groups in total. The fourth-order valence-electron chi connectivity index (χ4n) is 2.05. The molecule has 0 atom stereocenters. The molecule has 110 valence electrons. The van der Waals surface area contributed by atoms with Gasteiger partial charge in [0, 0.05) is 10.7 Å². The molecule has 0 unspecified atom stereocenters. The minimum atomic E-state index is -0.211. The fraction of sp³-hybridized carbons (Fsp3) is 0.235. The van der Waals surface area contributed by atoms with Gasteiger partial charge in [0.1, 0.15) is 5.75 Å². The van der Waals surface area contributed by atoms with Gasteiger partial charge in [-0.05, 0) is 55.7 Å². The van der Waals surface area contributed by atoms with Crippen LogP contribution >= 0.6 is 11.6 Å². The Morgan fingerprint density at radius 2 is 1.86 bits per heavy atom. The van der Waals surface area contributed by atoms with Crippen LogP contribution in [0.1, 0.15) is 16.7 Å². The van der Waals surface area contributed by atoms with Gasteiger partial charge >= 0.3 is 0 Å². The lowest BCUT2D eigenvalue weighted by Crippen LogP contribution is -2.20. The van der Waals surface area contributed by atoms with E-state index in [1.54, 1.807) is 24.3 Å². The van der Waals surface area contributed by atoms with Crippen molar-refractivity contribution >= 4 is 23.2 Å². The van der Waals surface area contributed by atoms with Crippen molar-refractivity contribution in [2.45, 2.75) is 20.8 Å². The molecule has 2 rings (SSSR count). The number of carbonyl (C=O) groups is 1. The first-order chi connectivity index (χ1) is 9.97. The first-order valence-electron chi connectivity index (χ1n) is 6.72. The average molecular weight is 304 g/mol. The Labute approximate surface area is 129 Å². The molecule has 0 saturated carbocycles. The van der Waals surface area contributed by atoms with Gasteiger partial charge in [-0.25, -0.2) is 0 Å². The molecule has 0 aliphatic heterocycles. The highest BCUT2D eigenvalue weighted by Crippen LogP contribution is 2.25. The molecule has 2 aromatic rings. The quantitative estimate of drug-likeness (QED) is 0.915. The van der Waals surface area contributed by atoms with Crippen molar-refractivity contribution in [2.24, 2.45) is 0 Å². The van der Waals surface area contributed by atoms with E-state index in [0.717, 1.165) is 22.4 Å². The van der Waals surface area contributed by atoms with Crippen molar-refractivity contribution in [1.29, 1.82) is 0 Å². The molecule has 0 fully saturated rings. The van der Waals surface area contributed by atoms with E-state index >= 15 is 0 Å². The summed E-state index contributed by atoms with van der Waals surface area (Å²) in [5.74, 6) is 0.564. The highest BCUT2D eigenvalue weighted by molar-refractivity contribution is 6.30. The van der Waals surface area contributed by atoms with Crippen LogP contribution in [-0.4, -0.2) is 12.5 Å². The summed E-state index contributed by atoms with van der Waals surface area (Å²) in [5, 5.41) is 3.34. The minimum absolute atomic E-state index is 0.0301. The zero-order valence-corrected chi connectivity index (χ0v) is 13.1. The zero-order valence-electron chi connectivity index (χ0n) is 12.4. The number of carbonyl (C=O) groups excluding carboxylic acids is 1. The average Bonchev–Trinajstić information content (AvgIpc) is 2.43. The number of ether oxygens (including phenoxy) is 1. The number of rotatable bonds is 4. The van der Waals surface area contributed by atoms with Crippen LogP contribution in [0.2, 0.25) is 5.02 Å². The second-order valence-electron chi connectivity index (χ2n) is 5.00. The van der Waals surface area contributed by atoms with Gasteiger partial charge in [-0.2, -0.15) is 0 Å². The van der Waals surface area contributed by atoms with Gasteiger partial charge in [0.2, 0.25) is 0 Å². The predicted molar refractivity (Wildman–Crippen MR) is 86.2 cm³/mol. The number of halogens is 1. The molecule has 4 heteroatoms. The number of aryl methyl sites for hydroxylation is 2. The summed E-state index contributed by atoms with van der Waals surface area (Å²) >= 11 is 5.88. The third-order valence-electron chi connectivity index (χ3n) is 3.33. The van der Waals surface area contributed by atoms with E-state index in [1.165, 1.54) is 0 Å². The van der Waals surface area contributed by atoms with Crippen LogP contribution in [0.15, 0.2) is 36.4 Å². The number of hydrogen-bond acceptors (Lipinski definition) is 2. The Morgan fingerprint density at radius 3 is 2.57 bits per heavy atom. The summed E-state index contributed by atoms with van der Waals surface area (Å²) in [6.45, 7) is 5.95. The molecular formula is C17H18ClNO2. The van der Waals surface area contributed by atoms with E-state index in [9.17, 15) is 4.79 Å². The monoisotopic (exact) mass is 303 g/mol. The third-order valence-corrected chi connectivity index (χ3v) is 3.56. The van der Waals surface area contributed by atoms with E-state index in [0.29, 0.717) is 10.7 Å². The number of hydrogen-bond donors (Lipinski definition) is 1. The second kappa shape index (κ2) is 6.64. The van der Waals surface area contributed by atoms with E-state index in [2.05, 4.69) is 5.32 Å². The van der Waals surface area contributed by atoms with E-state index in [1.807, 2.05) is 32.9 Å². The molecule has 0 spiro atoms. The van der Waals surface area contributed by atoms with Gasteiger partial charge < -0.3 is 10.1 Å². The minimum Gasteiger partial charge on any atom is -0.483 e. The summed E-state index contributed by atoms with van der Waals surface area (Å²) < 4.78 is 5.67. The Bertz CT molecular complexity index is 668. The summed E-state index contributed by atoms with van der Waals surface area (Å²) in [6, 6.07) is 11.1. The maximum atomic E-state index is 11.9. The SMILES string of the molecule is Cc1ccc(C)c(OCC(=O)Nc2cccc(Cl)c2)c1C. The van der Waals surface area contributed by atoms with Crippen LogP contribution in [0.4, 0.5) is 5.69 Å². The summed E-state index contributed by atoms with van der Waals surface area (Å²) in [7, 11) is 0. The lowest BCUT2D eigenvalue weighted by molar-refractivity contribution is -0.118. The van der Waals surface area contributed by atoms with Gasteiger partial charge in [0.05, 0.1) is 0 Å². The number of amides is 1. The van der Waals surface area contributed by atoms with Crippen LogP contribution in [0.25, 0.3) is 0 Å². The van der Waals surface area contributed by atoms with Gasteiger partial charge in [-0.15, -0.1) is 0 Å². The first-order valence-corrected chi connectivity index (χ1v) is 7.10. The van der Waals surface area contributed by atoms with Crippen LogP contribution in [0.3, 0.4) is 0 Å². The Kier molecular flexibility index (Phi) is 4.86. The standard InChI is InChI=1S/C17H18ClNO2/c1-11-7-8-12(2)17(13(11)3)21-10-16(20)19-15-6-4-5-14(18)9-15/h4-9H,10H2,1-3H3,(H,19,20). The molecule has 0 bridgehead atoms. The van der Waals surface area contributed by atoms with E-state index in [-0.39, 0.29) is 12.5 Å². The zero-order chi connectivity index (χ0) is 15.4. The Balaban J connectivity index is 2.00. The molecule has 2 aromatic carbocycles. The van der Waals surface area contributed by atoms with Gasteiger partial charge in [-0.3, -0.25) is 4.79 Å². The van der Waals surface area contributed by atoms with Crippen molar-refractivity contribution in [1.82, 2.24) is 0 Å². The van der Waals surface area contributed by atoms with Crippen LogP contribution in [0.5, 0.6) is 5.75 Å². The normalized spacial score (nSPS) is 10.3.